The lowest BCUT2D eigenvalue weighted by Gasteiger charge is -2.15. The second-order valence-corrected chi connectivity index (χ2v) is 8.26. The van der Waals surface area contributed by atoms with Gasteiger partial charge in [-0.25, -0.2) is 9.97 Å². The molecule has 2 aromatic heterocycles. The third-order valence-electron chi connectivity index (χ3n) is 5.11. The summed E-state index contributed by atoms with van der Waals surface area (Å²) in [6.07, 6.45) is 3.57. The summed E-state index contributed by atoms with van der Waals surface area (Å²) in [5, 5.41) is 9.65. The van der Waals surface area contributed by atoms with Crippen molar-refractivity contribution in [1.82, 2.24) is 9.97 Å². The zero-order chi connectivity index (χ0) is 22.5. The molecule has 32 heavy (non-hydrogen) atoms. The second-order valence-electron chi connectivity index (χ2n) is 7.04. The van der Waals surface area contributed by atoms with E-state index in [1.54, 1.807) is 32.7 Å². The van der Waals surface area contributed by atoms with E-state index in [0.29, 0.717) is 22.7 Å². The molecule has 2 heterocycles. The highest BCUT2D eigenvalue weighted by atomic mass is 79.9. The number of pyridine rings is 2. The number of nitrogens with zero attached hydrogens (tertiary/aromatic N) is 2. The van der Waals surface area contributed by atoms with Crippen LogP contribution in [-0.2, 0) is 13.1 Å². The summed E-state index contributed by atoms with van der Waals surface area (Å²) >= 11 is 9.67. The molecule has 0 spiro atoms. The molecule has 6 nitrogen and oxygen atoms in total. The first-order valence-electron chi connectivity index (χ1n) is 9.95. The van der Waals surface area contributed by atoms with Crippen molar-refractivity contribution in [3.8, 4) is 11.5 Å². The summed E-state index contributed by atoms with van der Waals surface area (Å²) in [6, 6.07) is 15.7. The zero-order valence-corrected chi connectivity index (χ0v) is 20.0. The minimum Gasteiger partial charge on any atom is -0.497 e. The van der Waals surface area contributed by atoms with Crippen LogP contribution < -0.4 is 20.1 Å². The van der Waals surface area contributed by atoms with Gasteiger partial charge in [0.05, 0.1) is 14.2 Å². The van der Waals surface area contributed by atoms with Gasteiger partial charge in [-0.3, -0.25) is 0 Å². The van der Waals surface area contributed by atoms with Crippen LogP contribution in [0.3, 0.4) is 0 Å². The molecular weight excluding hydrogens is 492 g/mol. The smallest absolute Gasteiger partial charge is 0.134 e. The van der Waals surface area contributed by atoms with Gasteiger partial charge in [-0.1, -0.05) is 23.7 Å². The van der Waals surface area contributed by atoms with Gasteiger partial charge in [-0.2, -0.15) is 0 Å². The SMILES string of the molecule is COc1ccc(CNc2nccc3c(NCc4cnc(Br)cc4Cl)cccc23)c(OC)c1. The Labute approximate surface area is 200 Å². The van der Waals surface area contributed by atoms with E-state index in [1.807, 2.05) is 36.4 Å². The lowest BCUT2D eigenvalue weighted by molar-refractivity contribution is 0.391. The van der Waals surface area contributed by atoms with E-state index in [9.17, 15) is 0 Å². The number of nitrogens with one attached hydrogen (secondary N) is 2. The van der Waals surface area contributed by atoms with Crippen molar-refractivity contribution in [3.63, 3.8) is 0 Å². The number of aromatic nitrogens is 2. The molecule has 0 bridgehead atoms. The lowest BCUT2D eigenvalue weighted by atomic mass is 10.1. The van der Waals surface area contributed by atoms with Gasteiger partial charge < -0.3 is 20.1 Å². The molecule has 4 rings (SSSR count). The van der Waals surface area contributed by atoms with E-state index in [0.717, 1.165) is 44.9 Å². The summed E-state index contributed by atoms with van der Waals surface area (Å²) in [5.74, 6) is 2.32. The maximum absolute atomic E-state index is 6.33. The number of benzene rings is 2. The van der Waals surface area contributed by atoms with Gasteiger partial charge in [0.2, 0.25) is 0 Å². The van der Waals surface area contributed by atoms with Crippen LogP contribution in [0.1, 0.15) is 11.1 Å². The van der Waals surface area contributed by atoms with Crippen molar-refractivity contribution in [2.24, 2.45) is 0 Å². The largest absolute Gasteiger partial charge is 0.497 e. The predicted octanol–water partition coefficient (Wildman–Crippen LogP) is 6.29. The maximum atomic E-state index is 6.33. The van der Waals surface area contributed by atoms with Crippen LogP contribution in [0, 0.1) is 0 Å². The number of fused-ring (bicyclic) bond motifs is 1. The first kappa shape index (κ1) is 22.2. The van der Waals surface area contributed by atoms with Gasteiger partial charge in [-0.05, 0) is 46.3 Å². The molecule has 2 aromatic carbocycles. The second kappa shape index (κ2) is 10.1. The Balaban J connectivity index is 1.55. The van der Waals surface area contributed by atoms with E-state index in [-0.39, 0.29) is 0 Å². The summed E-state index contributed by atoms with van der Waals surface area (Å²) < 4.78 is 11.5. The van der Waals surface area contributed by atoms with Crippen molar-refractivity contribution in [2.75, 3.05) is 24.9 Å². The molecule has 0 radical (unpaired) electrons. The lowest BCUT2D eigenvalue weighted by Crippen LogP contribution is -2.05. The molecule has 0 amide bonds. The van der Waals surface area contributed by atoms with Crippen LogP contribution in [-0.4, -0.2) is 24.2 Å². The molecule has 0 fully saturated rings. The van der Waals surface area contributed by atoms with Crippen LogP contribution in [0.15, 0.2) is 65.5 Å². The fraction of sp³-hybridized carbons (Fsp3) is 0.167. The Morgan fingerprint density at radius 1 is 0.906 bits per heavy atom. The molecule has 0 saturated carbocycles. The Kier molecular flexibility index (Phi) is 6.97. The summed E-state index contributed by atoms with van der Waals surface area (Å²) in [4.78, 5) is 8.81. The van der Waals surface area contributed by atoms with Gasteiger partial charge in [-0.15, -0.1) is 0 Å². The van der Waals surface area contributed by atoms with Gasteiger partial charge in [0, 0.05) is 64.2 Å². The van der Waals surface area contributed by atoms with Crippen LogP contribution in [0.25, 0.3) is 10.8 Å². The molecule has 8 heteroatoms. The Morgan fingerprint density at radius 2 is 1.75 bits per heavy atom. The number of hydrogen-bond acceptors (Lipinski definition) is 6. The topological polar surface area (TPSA) is 68.3 Å². The number of halogens is 2. The molecule has 0 saturated heterocycles. The molecule has 0 aliphatic heterocycles. The molecular formula is C24H22BrClN4O2. The number of anilines is 2. The van der Waals surface area contributed by atoms with Gasteiger partial charge >= 0.3 is 0 Å². The van der Waals surface area contributed by atoms with Crippen molar-refractivity contribution in [2.45, 2.75) is 13.1 Å². The highest BCUT2D eigenvalue weighted by Gasteiger charge is 2.10. The van der Waals surface area contributed by atoms with Crippen LogP contribution >= 0.6 is 27.5 Å². The van der Waals surface area contributed by atoms with Crippen molar-refractivity contribution < 1.29 is 9.47 Å². The predicted molar refractivity (Wildman–Crippen MR) is 133 cm³/mol. The monoisotopic (exact) mass is 512 g/mol. The number of hydrogen-bond donors (Lipinski definition) is 2. The summed E-state index contributed by atoms with van der Waals surface area (Å²) in [6.45, 7) is 1.13. The number of rotatable bonds is 8. The average molecular weight is 514 g/mol. The average Bonchev–Trinajstić information content (AvgIpc) is 2.82. The molecule has 164 valence electrons. The summed E-state index contributed by atoms with van der Waals surface area (Å²) in [7, 11) is 3.29. The molecule has 0 atom stereocenters. The van der Waals surface area contributed by atoms with Crippen LogP contribution in [0.2, 0.25) is 5.02 Å². The zero-order valence-electron chi connectivity index (χ0n) is 17.7. The highest BCUT2D eigenvalue weighted by Crippen LogP contribution is 2.30. The fourth-order valence-corrected chi connectivity index (χ4v) is 4.12. The molecule has 2 N–H and O–H groups in total. The van der Waals surface area contributed by atoms with E-state index >= 15 is 0 Å². The fourth-order valence-electron chi connectivity index (χ4n) is 3.44. The first-order chi connectivity index (χ1) is 15.6. The standard InChI is InChI=1S/C24H22BrClN4O2/c1-31-17-7-6-15(22(10-17)32-2)12-30-24-19-4-3-5-21(18(19)8-9-27-24)28-13-16-14-29-23(25)11-20(16)26/h3-11,14,28H,12-13H2,1-2H3,(H,27,30). The van der Waals surface area contributed by atoms with E-state index < -0.39 is 0 Å². The Hall–Kier alpha value is -3.03. The number of ether oxygens (including phenoxy) is 2. The Bertz CT molecular complexity index is 1250. The van der Waals surface area contributed by atoms with Crippen LogP contribution in [0.5, 0.6) is 11.5 Å². The van der Waals surface area contributed by atoms with Crippen molar-refractivity contribution in [3.05, 3.63) is 81.7 Å². The Morgan fingerprint density at radius 3 is 2.53 bits per heavy atom. The van der Waals surface area contributed by atoms with Crippen molar-refractivity contribution in [1.29, 1.82) is 0 Å². The van der Waals surface area contributed by atoms with E-state index in [4.69, 9.17) is 21.1 Å². The van der Waals surface area contributed by atoms with Gasteiger partial charge in [0.25, 0.3) is 0 Å². The molecule has 0 aliphatic rings. The molecule has 0 unspecified atom stereocenters. The van der Waals surface area contributed by atoms with Gasteiger partial charge in [0.15, 0.2) is 0 Å². The third-order valence-corrected chi connectivity index (χ3v) is 5.90. The quantitative estimate of drug-likeness (QED) is 0.270. The maximum Gasteiger partial charge on any atom is 0.134 e. The van der Waals surface area contributed by atoms with E-state index in [2.05, 4.69) is 42.6 Å². The number of methoxy groups -OCH3 is 2. The van der Waals surface area contributed by atoms with Gasteiger partial charge in [0.1, 0.15) is 21.9 Å². The van der Waals surface area contributed by atoms with E-state index in [1.165, 1.54) is 0 Å². The van der Waals surface area contributed by atoms with Crippen LogP contribution in [0.4, 0.5) is 11.5 Å². The first-order valence-corrected chi connectivity index (χ1v) is 11.1. The van der Waals surface area contributed by atoms with Crippen molar-refractivity contribution >= 4 is 49.8 Å². The molecule has 4 aromatic rings. The minimum atomic E-state index is 0.562. The summed E-state index contributed by atoms with van der Waals surface area (Å²) in [5.41, 5.74) is 2.93. The normalized spacial score (nSPS) is 10.8. The molecule has 0 aliphatic carbocycles. The third kappa shape index (κ3) is 4.89. The highest BCUT2D eigenvalue weighted by molar-refractivity contribution is 9.10. The minimum absolute atomic E-state index is 0.562.